The Morgan fingerprint density at radius 2 is 2.42 bits per heavy atom. The number of morpholine rings is 1. The van der Waals surface area contributed by atoms with E-state index in [0.717, 1.165) is 19.7 Å². The van der Waals surface area contributed by atoms with E-state index >= 15 is 0 Å². The number of halogens is 1. The molecule has 0 aromatic heterocycles. The van der Waals surface area contributed by atoms with Crippen molar-refractivity contribution < 1.29 is 9.13 Å². The van der Waals surface area contributed by atoms with Gasteiger partial charge in [-0.3, -0.25) is 9.29 Å². The highest BCUT2D eigenvalue weighted by Gasteiger charge is 2.20. The molecule has 0 spiro atoms. The van der Waals surface area contributed by atoms with Gasteiger partial charge in [0.25, 0.3) is 0 Å². The topological polar surface area (TPSA) is 38.5 Å². The van der Waals surface area contributed by atoms with Crippen molar-refractivity contribution in [2.24, 2.45) is 5.73 Å². The molecule has 0 aromatic carbocycles. The fourth-order valence-electron chi connectivity index (χ4n) is 1.46. The van der Waals surface area contributed by atoms with E-state index in [4.69, 9.17) is 10.5 Å². The molecular formula is C8H17FN2O. The molecule has 3 nitrogen and oxygen atoms in total. The van der Waals surface area contributed by atoms with Crippen LogP contribution in [0, 0.1) is 0 Å². The fourth-order valence-corrected chi connectivity index (χ4v) is 1.46. The average Bonchev–Trinajstić information content (AvgIpc) is 2.15. The minimum Gasteiger partial charge on any atom is -0.378 e. The van der Waals surface area contributed by atoms with E-state index in [0.29, 0.717) is 25.6 Å². The summed E-state index contributed by atoms with van der Waals surface area (Å²) in [5.74, 6) is 0. The second-order valence-corrected chi connectivity index (χ2v) is 3.04. The van der Waals surface area contributed by atoms with Gasteiger partial charge in [0.1, 0.15) is 0 Å². The van der Waals surface area contributed by atoms with E-state index in [1.165, 1.54) is 0 Å². The van der Waals surface area contributed by atoms with Gasteiger partial charge >= 0.3 is 0 Å². The number of ether oxygens (including phenoxy) is 1. The Morgan fingerprint density at radius 1 is 1.58 bits per heavy atom. The molecule has 72 valence electrons. The molecular weight excluding hydrogens is 159 g/mol. The molecule has 0 radical (unpaired) electrons. The van der Waals surface area contributed by atoms with Gasteiger partial charge in [0.05, 0.1) is 19.9 Å². The highest BCUT2D eigenvalue weighted by Crippen LogP contribution is 2.05. The van der Waals surface area contributed by atoms with Crippen LogP contribution >= 0.6 is 0 Å². The molecule has 1 saturated heterocycles. The zero-order valence-corrected chi connectivity index (χ0v) is 7.34. The van der Waals surface area contributed by atoms with Crippen molar-refractivity contribution in [3.63, 3.8) is 0 Å². The van der Waals surface area contributed by atoms with E-state index in [-0.39, 0.29) is 6.67 Å². The van der Waals surface area contributed by atoms with E-state index in [1.54, 1.807) is 0 Å². The Balaban J connectivity index is 2.26. The van der Waals surface area contributed by atoms with E-state index in [1.807, 2.05) is 0 Å². The molecule has 1 aliphatic heterocycles. The maximum absolute atomic E-state index is 11.9. The standard InChI is InChI=1S/C8H17FN2O/c9-2-1-3-11-4-5-12-7-8(11)6-10/h8H,1-7,10H2. The third kappa shape index (κ3) is 2.69. The van der Waals surface area contributed by atoms with Crippen LogP contribution in [0.4, 0.5) is 4.39 Å². The molecule has 1 aliphatic rings. The van der Waals surface area contributed by atoms with Gasteiger partial charge in [-0.1, -0.05) is 0 Å². The van der Waals surface area contributed by atoms with Crippen molar-refractivity contribution >= 4 is 0 Å². The summed E-state index contributed by atoms with van der Waals surface area (Å²) in [5.41, 5.74) is 5.55. The fraction of sp³-hybridized carbons (Fsp3) is 1.00. The third-order valence-corrected chi connectivity index (χ3v) is 2.20. The lowest BCUT2D eigenvalue weighted by Crippen LogP contribution is -2.49. The van der Waals surface area contributed by atoms with Crippen molar-refractivity contribution in [2.45, 2.75) is 12.5 Å². The first-order valence-electron chi connectivity index (χ1n) is 4.46. The minimum atomic E-state index is -0.241. The van der Waals surface area contributed by atoms with Gasteiger partial charge in [-0.25, -0.2) is 0 Å². The Kier molecular flexibility index (Phi) is 4.50. The first-order chi connectivity index (χ1) is 5.88. The lowest BCUT2D eigenvalue weighted by atomic mass is 10.2. The van der Waals surface area contributed by atoms with Crippen molar-refractivity contribution in [1.29, 1.82) is 0 Å². The van der Waals surface area contributed by atoms with Crippen molar-refractivity contribution in [2.75, 3.05) is 39.5 Å². The highest BCUT2D eigenvalue weighted by molar-refractivity contribution is 4.75. The van der Waals surface area contributed by atoms with Crippen molar-refractivity contribution in [1.82, 2.24) is 4.90 Å². The van der Waals surface area contributed by atoms with Crippen LogP contribution in [0.1, 0.15) is 6.42 Å². The molecule has 0 amide bonds. The molecule has 12 heavy (non-hydrogen) atoms. The Labute approximate surface area is 72.7 Å². The number of rotatable bonds is 4. The number of nitrogens with two attached hydrogens (primary N) is 1. The monoisotopic (exact) mass is 176 g/mol. The molecule has 1 fully saturated rings. The lowest BCUT2D eigenvalue weighted by molar-refractivity contribution is -0.00483. The van der Waals surface area contributed by atoms with Gasteiger partial charge in [0, 0.05) is 25.7 Å². The first-order valence-corrected chi connectivity index (χ1v) is 4.46. The molecule has 4 heteroatoms. The summed E-state index contributed by atoms with van der Waals surface area (Å²) in [6.45, 7) is 3.51. The molecule has 0 aliphatic carbocycles. The Morgan fingerprint density at radius 3 is 3.08 bits per heavy atom. The van der Waals surface area contributed by atoms with Crippen LogP contribution in [0.5, 0.6) is 0 Å². The summed E-state index contributed by atoms with van der Waals surface area (Å²) >= 11 is 0. The van der Waals surface area contributed by atoms with Crippen LogP contribution in [0.15, 0.2) is 0 Å². The summed E-state index contributed by atoms with van der Waals surface area (Å²) in [6.07, 6.45) is 0.608. The highest BCUT2D eigenvalue weighted by atomic mass is 19.1. The normalized spacial score (nSPS) is 26.0. The summed E-state index contributed by atoms with van der Waals surface area (Å²) in [4.78, 5) is 2.21. The molecule has 0 aromatic rings. The van der Waals surface area contributed by atoms with Crippen LogP contribution < -0.4 is 5.73 Å². The molecule has 1 atom stereocenters. The summed E-state index contributed by atoms with van der Waals surface area (Å²) < 4.78 is 17.2. The SMILES string of the molecule is NCC1COCCN1CCCF. The number of nitrogens with zero attached hydrogens (tertiary/aromatic N) is 1. The number of alkyl halides is 1. The number of hydrogen-bond donors (Lipinski definition) is 1. The van der Waals surface area contributed by atoms with Crippen molar-refractivity contribution in [3.05, 3.63) is 0 Å². The van der Waals surface area contributed by atoms with Gasteiger partial charge in [-0.15, -0.1) is 0 Å². The van der Waals surface area contributed by atoms with Gasteiger partial charge < -0.3 is 10.5 Å². The van der Waals surface area contributed by atoms with Gasteiger partial charge in [0.2, 0.25) is 0 Å². The summed E-state index contributed by atoms with van der Waals surface area (Å²) in [7, 11) is 0. The Bertz CT molecular complexity index is 124. The summed E-state index contributed by atoms with van der Waals surface area (Å²) in [5, 5.41) is 0. The number of hydrogen-bond acceptors (Lipinski definition) is 3. The van der Waals surface area contributed by atoms with E-state index < -0.39 is 0 Å². The molecule has 0 saturated carbocycles. The second-order valence-electron chi connectivity index (χ2n) is 3.04. The van der Waals surface area contributed by atoms with Gasteiger partial charge in [0.15, 0.2) is 0 Å². The maximum Gasteiger partial charge on any atom is 0.0906 e. The molecule has 1 heterocycles. The molecule has 0 bridgehead atoms. The van der Waals surface area contributed by atoms with Crippen LogP contribution in [-0.4, -0.2) is 50.5 Å². The zero-order chi connectivity index (χ0) is 8.81. The second kappa shape index (κ2) is 5.45. The molecule has 2 N–H and O–H groups in total. The van der Waals surface area contributed by atoms with Gasteiger partial charge in [-0.05, 0) is 6.42 Å². The summed E-state index contributed by atoms with van der Waals surface area (Å²) in [6, 6.07) is 0.297. The first kappa shape index (κ1) is 9.89. The third-order valence-electron chi connectivity index (χ3n) is 2.20. The minimum absolute atomic E-state index is 0.241. The Hall–Kier alpha value is -0.190. The van der Waals surface area contributed by atoms with Crippen LogP contribution in [-0.2, 0) is 4.74 Å². The largest absolute Gasteiger partial charge is 0.378 e. The van der Waals surface area contributed by atoms with Crippen LogP contribution in [0.2, 0.25) is 0 Å². The van der Waals surface area contributed by atoms with Gasteiger partial charge in [-0.2, -0.15) is 0 Å². The predicted octanol–water partition coefficient (Wildman–Crippen LogP) is 0.00550. The van der Waals surface area contributed by atoms with Crippen LogP contribution in [0.3, 0.4) is 0 Å². The average molecular weight is 176 g/mol. The van der Waals surface area contributed by atoms with E-state index in [2.05, 4.69) is 4.90 Å². The lowest BCUT2D eigenvalue weighted by Gasteiger charge is -2.34. The smallest absolute Gasteiger partial charge is 0.0906 e. The molecule has 1 rings (SSSR count). The van der Waals surface area contributed by atoms with Crippen molar-refractivity contribution in [3.8, 4) is 0 Å². The zero-order valence-electron chi connectivity index (χ0n) is 7.34. The van der Waals surface area contributed by atoms with E-state index in [9.17, 15) is 4.39 Å². The maximum atomic E-state index is 11.9. The van der Waals surface area contributed by atoms with Crippen LogP contribution in [0.25, 0.3) is 0 Å². The predicted molar refractivity (Wildman–Crippen MR) is 45.8 cm³/mol. The quantitative estimate of drug-likeness (QED) is 0.655. The molecule has 1 unspecified atom stereocenters.